The van der Waals surface area contributed by atoms with E-state index >= 15 is 0 Å². The van der Waals surface area contributed by atoms with Crippen LogP contribution < -0.4 is 4.74 Å². The first-order valence-electron chi connectivity index (χ1n) is 10.2. The van der Waals surface area contributed by atoms with Crippen LogP contribution in [0.4, 0.5) is 17.6 Å². The molecule has 0 spiro atoms. The number of hydrogen-bond acceptors (Lipinski definition) is 3. The summed E-state index contributed by atoms with van der Waals surface area (Å²) in [5.41, 5.74) is -1.16. The molecule has 0 saturated carbocycles. The molecule has 0 atom stereocenters. The van der Waals surface area contributed by atoms with E-state index < -0.39 is 29.4 Å². The molecule has 1 aliphatic heterocycles. The summed E-state index contributed by atoms with van der Waals surface area (Å²) in [5.74, 6) is -2.63. The molecule has 164 valence electrons. The van der Waals surface area contributed by atoms with Gasteiger partial charge in [0.05, 0.1) is 19.8 Å². The van der Waals surface area contributed by atoms with Crippen LogP contribution in [0.2, 0.25) is 0 Å². The zero-order valence-corrected chi connectivity index (χ0v) is 17.2. The summed E-state index contributed by atoms with van der Waals surface area (Å²) < 4.78 is 73.6. The maximum absolute atomic E-state index is 14.6. The standard InChI is InChI=1S/C23H26F4O3/c1-3-11-23(27)13-29-20(30-14-23)10-7-15-5-8-17(22(26)21(15)25)16-6-9-19(28-4-2)18(24)12-16/h5-6,8-9,12,20H,3-4,7,10-11,13-14H2,1-2H3. The summed E-state index contributed by atoms with van der Waals surface area (Å²) in [5, 5.41) is 0. The second kappa shape index (κ2) is 9.79. The normalized spacial score (nSPS) is 21.6. The van der Waals surface area contributed by atoms with E-state index in [1.54, 1.807) is 6.92 Å². The Bertz CT molecular complexity index is 864. The van der Waals surface area contributed by atoms with Gasteiger partial charge >= 0.3 is 0 Å². The van der Waals surface area contributed by atoms with Gasteiger partial charge in [0.25, 0.3) is 0 Å². The van der Waals surface area contributed by atoms with Gasteiger partial charge in [-0.05, 0) is 43.0 Å². The Hall–Kier alpha value is -2.12. The fraction of sp³-hybridized carbons (Fsp3) is 0.478. The number of benzene rings is 2. The highest BCUT2D eigenvalue weighted by Gasteiger charge is 2.36. The molecule has 0 radical (unpaired) electrons. The monoisotopic (exact) mass is 426 g/mol. The van der Waals surface area contributed by atoms with Crippen LogP contribution in [0.15, 0.2) is 30.3 Å². The van der Waals surface area contributed by atoms with Crippen molar-refractivity contribution >= 4 is 0 Å². The summed E-state index contributed by atoms with van der Waals surface area (Å²) >= 11 is 0. The van der Waals surface area contributed by atoms with Crippen LogP contribution in [-0.2, 0) is 15.9 Å². The van der Waals surface area contributed by atoms with Crippen molar-refractivity contribution < 1.29 is 31.8 Å². The third kappa shape index (κ3) is 5.13. The third-order valence-corrected chi connectivity index (χ3v) is 5.11. The van der Waals surface area contributed by atoms with Gasteiger partial charge in [0, 0.05) is 12.0 Å². The van der Waals surface area contributed by atoms with Crippen LogP contribution >= 0.6 is 0 Å². The third-order valence-electron chi connectivity index (χ3n) is 5.11. The Labute approximate surface area is 173 Å². The van der Waals surface area contributed by atoms with Crippen molar-refractivity contribution in [2.24, 2.45) is 0 Å². The van der Waals surface area contributed by atoms with E-state index in [1.807, 2.05) is 6.92 Å². The summed E-state index contributed by atoms with van der Waals surface area (Å²) in [6.45, 7) is 3.78. The summed E-state index contributed by atoms with van der Waals surface area (Å²) in [7, 11) is 0. The molecule has 2 aromatic rings. The van der Waals surface area contributed by atoms with Crippen molar-refractivity contribution in [1.82, 2.24) is 0 Å². The van der Waals surface area contributed by atoms with Gasteiger partial charge < -0.3 is 14.2 Å². The molecule has 7 heteroatoms. The van der Waals surface area contributed by atoms with Crippen LogP contribution in [0, 0.1) is 17.5 Å². The lowest BCUT2D eigenvalue weighted by Gasteiger charge is -2.34. The number of rotatable bonds is 8. The quantitative estimate of drug-likeness (QED) is 0.486. The Morgan fingerprint density at radius 1 is 1.03 bits per heavy atom. The molecule has 0 aromatic heterocycles. The van der Waals surface area contributed by atoms with Gasteiger partial charge in [-0.2, -0.15) is 0 Å². The molecule has 1 saturated heterocycles. The fourth-order valence-electron chi connectivity index (χ4n) is 3.55. The zero-order valence-electron chi connectivity index (χ0n) is 17.2. The minimum Gasteiger partial charge on any atom is -0.491 e. The summed E-state index contributed by atoms with van der Waals surface area (Å²) in [6, 6.07) is 6.86. The van der Waals surface area contributed by atoms with Crippen LogP contribution in [0.1, 0.15) is 38.7 Å². The summed E-state index contributed by atoms with van der Waals surface area (Å²) in [4.78, 5) is 0. The van der Waals surface area contributed by atoms with Gasteiger partial charge in [-0.3, -0.25) is 0 Å². The minimum atomic E-state index is -1.49. The molecule has 1 fully saturated rings. The van der Waals surface area contributed by atoms with Gasteiger partial charge in [-0.25, -0.2) is 17.6 Å². The lowest BCUT2D eigenvalue weighted by molar-refractivity contribution is -0.236. The Balaban J connectivity index is 1.66. The molecule has 1 heterocycles. The van der Waals surface area contributed by atoms with E-state index in [2.05, 4.69) is 0 Å². The zero-order chi connectivity index (χ0) is 21.7. The van der Waals surface area contributed by atoms with E-state index in [0.29, 0.717) is 19.4 Å². The lowest BCUT2D eigenvalue weighted by Crippen LogP contribution is -2.44. The van der Waals surface area contributed by atoms with E-state index in [-0.39, 0.29) is 48.5 Å². The van der Waals surface area contributed by atoms with Crippen molar-refractivity contribution in [3.05, 3.63) is 53.3 Å². The first kappa shape index (κ1) is 22.6. The Kier molecular flexibility index (Phi) is 7.36. The molecule has 30 heavy (non-hydrogen) atoms. The van der Waals surface area contributed by atoms with Crippen molar-refractivity contribution in [2.75, 3.05) is 19.8 Å². The molecule has 3 rings (SSSR count). The first-order chi connectivity index (χ1) is 14.4. The molecule has 0 aliphatic carbocycles. The van der Waals surface area contributed by atoms with Crippen LogP contribution in [0.5, 0.6) is 5.75 Å². The second-order valence-electron chi connectivity index (χ2n) is 7.47. The average molecular weight is 426 g/mol. The predicted octanol–water partition coefficient (Wildman–Crippen LogP) is 5.98. The van der Waals surface area contributed by atoms with Crippen molar-refractivity contribution in [3.63, 3.8) is 0 Å². The van der Waals surface area contributed by atoms with E-state index in [0.717, 1.165) is 6.07 Å². The van der Waals surface area contributed by atoms with Gasteiger partial charge in [0.1, 0.15) is 0 Å². The highest BCUT2D eigenvalue weighted by molar-refractivity contribution is 5.65. The molecule has 1 aliphatic rings. The summed E-state index contributed by atoms with van der Waals surface area (Å²) in [6.07, 6.45) is 0.817. The van der Waals surface area contributed by atoms with Gasteiger partial charge in [0.2, 0.25) is 0 Å². The molecular formula is C23H26F4O3. The number of alkyl halides is 1. The van der Waals surface area contributed by atoms with Gasteiger partial charge in [-0.1, -0.05) is 31.5 Å². The number of aryl methyl sites for hydroxylation is 1. The number of ether oxygens (including phenoxy) is 3. The average Bonchev–Trinajstić information content (AvgIpc) is 2.72. The van der Waals surface area contributed by atoms with Crippen LogP contribution in [-0.4, -0.2) is 31.8 Å². The molecule has 0 amide bonds. The highest BCUT2D eigenvalue weighted by Crippen LogP contribution is 2.31. The molecule has 0 unspecified atom stereocenters. The smallest absolute Gasteiger partial charge is 0.166 e. The van der Waals surface area contributed by atoms with Gasteiger partial charge in [-0.15, -0.1) is 0 Å². The highest BCUT2D eigenvalue weighted by atomic mass is 19.2. The first-order valence-corrected chi connectivity index (χ1v) is 10.2. The maximum Gasteiger partial charge on any atom is 0.166 e. The maximum atomic E-state index is 14.6. The van der Waals surface area contributed by atoms with Crippen LogP contribution in [0.25, 0.3) is 11.1 Å². The van der Waals surface area contributed by atoms with E-state index in [9.17, 15) is 17.6 Å². The van der Waals surface area contributed by atoms with E-state index in [4.69, 9.17) is 14.2 Å². The fourth-order valence-corrected chi connectivity index (χ4v) is 3.55. The largest absolute Gasteiger partial charge is 0.491 e. The second-order valence-corrected chi connectivity index (χ2v) is 7.47. The molecule has 2 aromatic carbocycles. The van der Waals surface area contributed by atoms with Crippen molar-refractivity contribution in [1.29, 1.82) is 0 Å². The topological polar surface area (TPSA) is 27.7 Å². The number of hydrogen-bond donors (Lipinski definition) is 0. The molecule has 0 bridgehead atoms. The van der Waals surface area contributed by atoms with Gasteiger partial charge in [0.15, 0.2) is 35.2 Å². The SMILES string of the molecule is CCCC1(F)COC(CCc2ccc(-c3ccc(OCC)c(F)c3)c(F)c2F)OC1. The minimum absolute atomic E-state index is 0.0369. The predicted molar refractivity (Wildman–Crippen MR) is 106 cm³/mol. The molecular weight excluding hydrogens is 400 g/mol. The van der Waals surface area contributed by atoms with Crippen molar-refractivity contribution in [3.8, 4) is 16.9 Å². The Morgan fingerprint density at radius 3 is 2.40 bits per heavy atom. The van der Waals surface area contributed by atoms with E-state index in [1.165, 1.54) is 24.3 Å². The lowest BCUT2D eigenvalue weighted by atomic mass is 9.99. The Morgan fingerprint density at radius 2 is 1.77 bits per heavy atom. The van der Waals surface area contributed by atoms with Crippen LogP contribution in [0.3, 0.4) is 0 Å². The molecule has 0 N–H and O–H groups in total. The van der Waals surface area contributed by atoms with Crippen molar-refractivity contribution in [2.45, 2.75) is 51.5 Å². The number of halogens is 4. The molecule has 3 nitrogen and oxygen atoms in total.